The number of amides is 1. The number of rotatable bonds is 2. The number of carbonyl (C=O) groups is 1. The molecule has 106 valence electrons. The average Bonchev–Trinajstić information content (AvgIpc) is 3.23. The summed E-state index contributed by atoms with van der Waals surface area (Å²) in [4.78, 5) is 23.4. The van der Waals surface area contributed by atoms with Crippen LogP contribution in [0.4, 0.5) is 5.82 Å². The molecule has 5 nitrogen and oxygen atoms in total. The molecule has 0 radical (unpaired) electrons. The lowest BCUT2D eigenvalue weighted by Gasteiger charge is -2.36. The molecule has 1 aromatic rings. The van der Waals surface area contributed by atoms with Gasteiger partial charge in [0.1, 0.15) is 16.2 Å². The highest BCUT2D eigenvalue weighted by atomic mass is 79.9. The van der Waals surface area contributed by atoms with Crippen molar-refractivity contribution >= 4 is 27.7 Å². The van der Waals surface area contributed by atoms with E-state index in [1.807, 2.05) is 6.07 Å². The molecular formula is C14H17BrN4O. The van der Waals surface area contributed by atoms with Gasteiger partial charge in [0.25, 0.3) is 0 Å². The molecule has 0 bridgehead atoms. The van der Waals surface area contributed by atoms with Crippen molar-refractivity contribution in [1.29, 1.82) is 0 Å². The molecule has 2 saturated heterocycles. The number of hydrogen-bond acceptors (Lipinski definition) is 4. The first-order valence-corrected chi connectivity index (χ1v) is 8.10. The lowest BCUT2D eigenvalue weighted by Crippen LogP contribution is -2.46. The zero-order chi connectivity index (χ0) is 13.7. The van der Waals surface area contributed by atoms with E-state index in [4.69, 9.17) is 4.98 Å². The molecule has 1 N–H and O–H groups in total. The molecule has 3 aliphatic rings. The molecule has 2 atom stereocenters. The smallest absolute Gasteiger partial charge is 0.225 e. The van der Waals surface area contributed by atoms with Gasteiger partial charge < -0.3 is 10.2 Å². The standard InChI is InChI=1S/C14H17BrN4O/c15-11-6-12(18-13(17-11)8-3-4-8)19-5-1-2-9-10(19)7-16-14(9)20/h6,8-10H,1-5,7H2,(H,16,20). The number of piperidine rings is 1. The van der Waals surface area contributed by atoms with Gasteiger partial charge in [0.15, 0.2) is 0 Å². The Morgan fingerprint density at radius 2 is 2.15 bits per heavy atom. The fraction of sp³-hybridized carbons (Fsp3) is 0.643. The first-order chi connectivity index (χ1) is 9.72. The van der Waals surface area contributed by atoms with Crippen molar-refractivity contribution in [3.63, 3.8) is 0 Å². The fourth-order valence-corrected chi connectivity index (χ4v) is 3.72. The summed E-state index contributed by atoms with van der Waals surface area (Å²) in [6.07, 6.45) is 4.44. The summed E-state index contributed by atoms with van der Waals surface area (Å²) in [5, 5.41) is 2.99. The number of halogens is 1. The Bertz CT molecular complexity index is 560. The van der Waals surface area contributed by atoms with E-state index < -0.39 is 0 Å². The van der Waals surface area contributed by atoms with Crippen LogP contribution in [0.5, 0.6) is 0 Å². The molecule has 3 fully saturated rings. The molecule has 1 amide bonds. The van der Waals surface area contributed by atoms with Crippen molar-refractivity contribution in [2.45, 2.75) is 37.6 Å². The molecule has 1 aromatic heterocycles. The number of nitrogens with zero attached hydrogens (tertiary/aromatic N) is 3. The molecule has 2 aliphatic heterocycles. The third-order valence-corrected chi connectivity index (χ3v) is 4.94. The summed E-state index contributed by atoms with van der Waals surface area (Å²) in [7, 11) is 0. The zero-order valence-corrected chi connectivity index (χ0v) is 12.8. The highest BCUT2D eigenvalue weighted by Gasteiger charge is 2.41. The monoisotopic (exact) mass is 336 g/mol. The maximum Gasteiger partial charge on any atom is 0.225 e. The van der Waals surface area contributed by atoms with Gasteiger partial charge in [0.2, 0.25) is 5.91 Å². The Labute approximate surface area is 126 Å². The first-order valence-electron chi connectivity index (χ1n) is 7.31. The van der Waals surface area contributed by atoms with E-state index >= 15 is 0 Å². The fourth-order valence-electron chi connectivity index (χ4n) is 3.33. The molecule has 4 rings (SSSR count). The topological polar surface area (TPSA) is 58.1 Å². The highest BCUT2D eigenvalue weighted by molar-refractivity contribution is 9.10. The molecule has 0 spiro atoms. The Kier molecular flexibility index (Phi) is 2.94. The second-order valence-electron chi connectivity index (χ2n) is 5.94. The lowest BCUT2D eigenvalue weighted by atomic mass is 9.91. The van der Waals surface area contributed by atoms with Gasteiger partial charge in [0, 0.05) is 25.1 Å². The predicted octanol–water partition coefficient (Wildman–Crippen LogP) is 1.83. The minimum Gasteiger partial charge on any atom is -0.354 e. The van der Waals surface area contributed by atoms with Crippen LogP contribution in [-0.4, -0.2) is 35.0 Å². The van der Waals surface area contributed by atoms with Crippen molar-refractivity contribution in [3.8, 4) is 0 Å². The van der Waals surface area contributed by atoms with Gasteiger partial charge in [-0.2, -0.15) is 0 Å². The molecule has 6 heteroatoms. The normalized spacial score (nSPS) is 29.2. The Balaban J connectivity index is 1.67. The van der Waals surface area contributed by atoms with Crippen LogP contribution >= 0.6 is 15.9 Å². The largest absolute Gasteiger partial charge is 0.354 e. The third kappa shape index (κ3) is 2.10. The van der Waals surface area contributed by atoms with Gasteiger partial charge in [-0.1, -0.05) is 0 Å². The summed E-state index contributed by atoms with van der Waals surface area (Å²) in [6, 6.07) is 2.24. The molecule has 0 aromatic carbocycles. The molecular weight excluding hydrogens is 320 g/mol. The number of anilines is 1. The van der Waals surface area contributed by atoms with Gasteiger partial charge in [-0.25, -0.2) is 9.97 Å². The van der Waals surface area contributed by atoms with E-state index in [2.05, 4.69) is 31.1 Å². The maximum absolute atomic E-state index is 11.9. The minimum absolute atomic E-state index is 0.127. The van der Waals surface area contributed by atoms with E-state index in [1.54, 1.807) is 0 Å². The van der Waals surface area contributed by atoms with Crippen LogP contribution in [0.25, 0.3) is 0 Å². The van der Waals surface area contributed by atoms with Crippen LogP contribution in [0.3, 0.4) is 0 Å². The second kappa shape index (κ2) is 4.69. The summed E-state index contributed by atoms with van der Waals surface area (Å²) in [5.41, 5.74) is 0. The Morgan fingerprint density at radius 3 is 2.95 bits per heavy atom. The summed E-state index contributed by atoms with van der Waals surface area (Å²) in [6.45, 7) is 1.72. The Morgan fingerprint density at radius 1 is 1.30 bits per heavy atom. The number of aromatic nitrogens is 2. The molecule has 1 saturated carbocycles. The van der Waals surface area contributed by atoms with Crippen molar-refractivity contribution in [2.75, 3.05) is 18.0 Å². The highest BCUT2D eigenvalue weighted by Crippen LogP contribution is 2.40. The lowest BCUT2D eigenvalue weighted by molar-refractivity contribution is -0.122. The van der Waals surface area contributed by atoms with Crippen LogP contribution in [0.2, 0.25) is 0 Å². The molecule has 2 unspecified atom stereocenters. The second-order valence-corrected chi connectivity index (χ2v) is 6.75. The van der Waals surface area contributed by atoms with Gasteiger partial charge in [-0.3, -0.25) is 4.79 Å². The Hall–Kier alpha value is -1.17. The third-order valence-electron chi connectivity index (χ3n) is 4.54. The predicted molar refractivity (Wildman–Crippen MR) is 78.6 cm³/mol. The van der Waals surface area contributed by atoms with Crippen LogP contribution in [0.1, 0.15) is 37.4 Å². The SMILES string of the molecule is O=C1NCC2C1CCCN2c1cc(Br)nc(C2CC2)n1. The number of carbonyl (C=O) groups excluding carboxylic acids is 1. The van der Waals surface area contributed by atoms with E-state index in [1.165, 1.54) is 12.8 Å². The number of hydrogen-bond donors (Lipinski definition) is 1. The maximum atomic E-state index is 11.9. The van der Waals surface area contributed by atoms with Crippen molar-refractivity contribution in [2.24, 2.45) is 5.92 Å². The number of fused-ring (bicyclic) bond motifs is 1. The molecule has 3 heterocycles. The molecule has 1 aliphatic carbocycles. The summed E-state index contributed by atoms with van der Waals surface area (Å²) < 4.78 is 0.851. The van der Waals surface area contributed by atoms with Crippen molar-refractivity contribution in [1.82, 2.24) is 15.3 Å². The number of nitrogens with one attached hydrogen (secondary N) is 1. The zero-order valence-electron chi connectivity index (χ0n) is 11.2. The van der Waals surface area contributed by atoms with Gasteiger partial charge >= 0.3 is 0 Å². The van der Waals surface area contributed by atoms with E-state index in [9.17, 15) is 4.79 Å². The molecule has 20 heavy (non-hydrogen) atoms. The van der Waals surface area contributed by atoms with Crippen LogP contribution in [0, 0.1) is 5.92 Å². The van der Waals surface area contributed by atoms with Gasteiger partial charge in [-0.15, -0.1) is 0 Å². The van der Waals surface area contributed by atoms with E-state index in [0.29, 0.717) is 5.92 Å². The van der Waals surface area contributed by atoms with Crippen LogP contribution in [0.15, 0.2) is 10.7 Å². The van der Waals surface area contributed by atoms with E-state index in [0.717, 1.165) is 42.2 Å². The quantitative estimate of drug-likeness (QED) is 0.837. The summed E-state index contributed by atoms with van der Waals surface area (Å²) >= 11 is 3.50. The minimum atomic E-state index is 0.127. The van der Waals surface area contributed by atoms with Gasteiger partial charge in [0.05, 0.1) is 12.0 Å². The van der Waals surface area contributed by atoms with E-state index in [-0.39, 0.29) is 17.9 Å². The first kappa shape index (κ1) is 12.6. The van der Waals surface area contributed by atoms with Crippen molar-refractivity contribution < 1.29 is 4.79 Å². The average molecular weight is 337 g/mol. The van der Waals surface area contributed by atoms with Crippen LogP contribution < -0.4 is 10.2 Å². The van der Waals surface area contributed by atoms with Crippen molar-refractivity contribution in [3.05, 3.63) is 16.5 Å². The van der Waals surface area contributed by atoms with Crippen LogP contribution in [-0.2, 0) is 4.79 Å². The van der Waals surface area contributed by atoms with Gasteiger partial charge in [-0.05, 0) is 41.6 Å². The summed E-state index contributed by atoms with van der Waals surface area (Å²) in [5.74, 6) is 2.79.